The van der Waals surface area contributed by atoms with Crippen molar-refractivity contribution in [1.29, 1.82) is 0 Å². The highest BCUT2D eigenvalue weighted by Crippen LogP contribution is 2.31. The zero-order valence-corrected chi connectivity index (χ0v) is 12.0. The second-order valence-corrected chi connectivity index (χ2v) is 6.26. The lowest BCUT2D eigenvalue weighted by Crippen LogP contribution is -2.15. The van der Waals surface area contributed by atoms with Crippen LogP contribution in [0.15, 0.2) is 18.3 Å². The van der Waals surface area contributed by atoms with E-state index in [0.717, 1.165) is 23.5 Å². The van der Waals surface area contributed by atoms with Crippen molar-refractivity contribution in [3.05, 3.63) is 33.6 Å². The predicted molar refractivity (Wildman–Crippen MR) is 76.9 cm³/mol. The van der Waals surface area contributed by atoms with E-state index < -0.39 is 0 Å². The second kappa shape index (κ2) is 4.81. The molecule has 0 aromatic carbocycles. The number of rotatable bonds is 3. The van der Waals surface area contributed by atoms with Gasteiger partial charge in [0.2, 0.25) is 0 Å². The summed E-state index contributed by atoms with van der Waals surface area (Å²) in [6, 6.07) is 4.11. The molecule has 5 heteroatoms. The molecule has 1 aliphatic carbocycles. The molecule has 0 aliphatic heterocycles. The molecular formula is C14H17N3OS. The third-order valence-corrected chi connectivity index (χ3v) is 4.61. The molecule has 100 valence electrons. The molecule has 0 spiro atoms. The van der Waals surface area contributed by atoms with E-state index in [1.807, 2.05) is 30.7 Å². The number of thiophene rings is 1. The van der Waals surface area contributed by atoms with Crippen LogP contribution in [0, 0.1) is 0 Å². The highest BCUT2D eigenvalue weighted by atomic mass is 32.1. The Hall–Kier alpha value is -1.62. The first kappa shape index (κ1) is 12.4. The number of aromatic nitrogens is 2. The fraction of sp³-hybridized carbons (Fsp3) is 0.429. The molecule has 3 rings (SSSR count). The summed E-state index contributed by atoms with van der Waals surface area (Å²) in [4.78, 5) is 14.4. The average Bonchev–Trinajstić information content (AvgIpc) is 3.01. The number of carbonyl (C=O) groups is 1. The molecule has 0 saturated carbocycles. The fourth-order valence-corrected chi connectivity index (χ4v) is 3.59. The number of amides is 1. The molecule has 0 bridgehead atoms. The normalized spacial score (nSPS) is 13.8. The van der Waals surface area contributed by atoms with Crippen LogP contribution in [0.4, 0.5) is 5.82 Å². The van der Waals surface area contributed by atoms with E-state index in [4.69, 9.17) is 0 Å². The van der Waals surface area contributed by atoms with Crippen LogP contribution in [-0.4, -0.2) is 15.7 Å². The molecule has 2 aromatic heterocycles. The number of nitrogens with zero attached hydrogens (tertiary/aromatic N) is 2. The first-order chi connectivity index (χ1) is 9.15. The van der Waals surface area contributed by atoms with Crippen LogP contribution in [0.2, 0.25) is 0 Å². The number of nitrogens with one attached hydrogen (secondary N) is 1. The minimum absolute atomic E-state index is 0.0261. The molecule has 19 heavy (non-hydrogen) atoms. The van der Waals surface area contributed by atoms with Gasteiger partial charge in [0.15, 0.2) is 0 Å². The van der Waals surface area contributed by atoms with Crippen molar-refractivity contribution in [2.24, 2.45) is 0 Å². The van der Waals surface area contributed by atoms with E-state index in [2.05, 4.69) is 10.4 Å². The average molecular weight is 275 g/mol. The van der Waals surface area contributed by atoms with Crippen molar-refractivity contribution in [2.45, 2.75) is 39.2 Å². The van der Waals surface area contributed by atoms with Crippen LogP contribution < -0.4 is 5.32 Å². The van der Waals surface area contributed by atoms with Crippen molar-refractivity contribution in [3.8, 4) is 0 Å². The second-order valence-electron chi connectivity index (χ2n) is 5.12. The first-order valence-corrected chi connectivity index (χ1v) is 7.43. The van der Waals surface area contributed by atoms with Crippen LogP contribution in [0.5, 0.6) is 0 Å². The molecule has 0 saturated heterocycles. The Balaban J connectivity index is 1.79. The third kappa shape index (κ3) is 2.30. The van der Waals surface area contributed by atoms with Gasteiger partial charge in [0.25, 0.3) is 5.91 Å². The molecule has 1 amide bonds. The molecular weight excluding hydrogens is 258 g/mol. The molecule has 0 radical (unpaired) electrons. The van der Waals surface area contributed by atoms with Gasteiger partial charge in [-0.2, -0.15) is 5.10 Å². The molecule has 4 nitrogen and oxygen atoms in total. The zero-order valence-electron chi connectivity index (χ0n) is 11.1. The van der Waals surface area contributed by atoms with E-state index in [1.165, 1.54) is 16.9 Å². The van der Waals surface area contributed by atoms with Gasteiger partial charge in [-0.25, -0.2) is 4.68 Å². The lowest BCUT2D eigenvalue weighted by atomic mass is 10.2. The smallest absolute Gasteiger partial charge is 0.266 e. The van der Waals surface area contributed by atoms with Crippen LogP contribution >= 0.6 is 11.3 Å². The van der Waals surface area contributed by atoms with Gasteiger partial charge in [-0.1, -0.05) is 0 Å². The van der Waals surface area contributed by atoms with E-state index >= 15 is 0 Å². The Bertz CT molecular complexity index is 590. The van der Waals surface area contributed by atoms with Crippen LogP contribution in [0.1, 0.15) is 46.4 Å². The quantitative estimate of drug-likeness (QED) is 0.934. The maximum absolute atomic E-state index is 12.3. The van der Waals surface area contributed by atoms with Gasteiger partial charge in [-0.05, 0) is 44.7 Å². The molecule has 2 aromatic rings. The first-order valence-electron chi connectivity index (χ1n) is 6.61. The lowest BCUT2D eigenvalue weighted by Gasteiger charge is -2.11. The van der Waals surface area contributed by atoms with Crippen LogP contribution in [-0.2, 0) is 12.8 Å². The summed E-state index contributed by atoms with van der Waals surface area (Å²) in [6.07, 6.45) is 5.17. The van der Waals surface area contributed by atoms with Gasteiger partial charge in [0.1, 0.15) is 5.82 Å². The van der Waals surface area contributed by atoms with Crippen molar-refractivity contribution in [3.63, 3.8) is 0 Å². The Morgan fingerprint density at radius 2 is 2.32 bits per heavy atom. The number of carbonyl (C=O) groups excluding carboxylic acids is 1. The summed E-state index contributed by atoms with van der Waals surface area (Å²) in [5.41, 5.74) is 1.35. The Labute approximate surface area is 116 Å². The Morgan fingerprint density at radius 3 is 3.05 bits per heavy atom. The van der Waals surface area contributed by atoms with Gasteiger partial charge < -0.3 is 5.32 Å². The summed E-state index contributed by atoms with van der Waals surface area (Å²) in [5.74, 6) is 0.732. The third-order valence-electron chi connectivity index (χ3n) is 3.37. The molecule has 1 aliphatic rings. The summed E-state index contributed by atoms with van der Waals surface area (Å²) in [5, 5.41) is 7.17. The summed E-state index contributed by atoms with van der Waals surface area (Å²) >= 11 is 1.62. The number of fused-ring (bicyclic) bond motifs is 1. The maximum atomic E-state index is 12.3. The monoisotopic (exact) mass is 275 g/mol. The predicted octanol–water partition coefficient (Wildman–Crippen LogP) is 3.27. The van der Waals surface area contributed by atoms with Crippen molar-refractivity contribution in [2.75, 3.05) is 5.32 Å². The summed E-state index contributed by atoms with van der Waals surface area (Å²) in [7, 11) is 0. The largest absolute Gasteiger partial charge is 0.306 e. The van der Waals surface area contributed by atoms with Crippen molar-refractivity contribution in [1.82, 2.24) is 9.78 Å². The SMILES string of the molecule is CC(C)n1nccc1NC(=O)c1cc2c(s1)CCC2. The lowest BCUT2D eigenvalue weighted by molar-refractivity contribution is 0.102. The topological polar surface area (TPSA) is 46.9 Å². The molecule has 0 atom stereocenters. The van der Waals surface area contributed by atoms with E-state index in [1.54, 1.807) is 17.5 Å². The van der Waals surface area contributed by atoms with Crippen LogP contribution in [0.25, 0.3) is 0 Å². The standard InChI is InChI=1S/C14H17N3OS/c1-9(2)17-13(6-7-15-17)16-14(18)12-8-10-4-3-5-11(10)19-12/h6-9H,3-5H2,1-2H3,(H,16,18). The highest BCUT2D eigenvalue weighted by molar-refractivity contribution is 7.14. The number of hydrogen-bond acceptors (Lipinski definition) is 3. The van der Waals surface area contributed by atoms with Gasteiger partial charge in [0, 0.05) is 17.0 Å². The Morgan fingerprint density at radius 1 is 1.47 bits per heavy atom. The fourth-order valence-electron chi connectivity index (χ4n) is 2.44. The number of aryl methyl sites for hydroxylation is 2. The number of hydrogen-bond donors (Lipinski definition) is 1. The minimum Gasteiger partial charge on any atom is -0.306 e. The van der Waals surface area contributed by atoms with Gasteiger partial charge >= 0.3 is 0 Å². The molecule has 0 fully saturated rings. The molecule has 2 heterocycles. The summed E-state index contributed by atoms with van der Waals surface area (Å²) < 4.78 is 1.82. The highest BCUT2D eigenvalue weighted by Gasteiger charge is 2.19. The van der Waals surface area contributed by atoms with E-state index in [0.29, 0.717) is 0 Å². The molecule has 1 N–H and O–H groups in total. The van der Waals surface area contributed by atoms with Crippen molar-refractivity contribution < 1.29 is 4.79 Å². The zero-order chi connectivity index (χ0) is 13.4. The molecule has 0 unspecified atom stereocenters. The maximum Gasteiger partial charge on any atom is 0.266 e. The van der Waals surface area contributed by atoms with Crippen molar-refractivity contribution >= 4 is 23.1 Å². The van der Waals surface area contributed by atoms with E-state index in [9.17, 15) is 4.79 Å². The number of anilines is 1. The van der Waals surface area contributed by atoms with Gasteiger partial charge in [-0.15, -0.1) is 11.3 Å². The van der Waals surface area contributed by atoms with E-state index in [-0.39, 0.29) is 11.9 Å². The Kier molecular flexibility index (Phi) is 3.14. The summed E-state index contributed by atoms with van der Waals surface area (Å²) in [6.45, 7) is 4.09. The van der Waals surface area contributed by atoms with Crippen LogP contribution in [0.3, 0.4) is 0 Å². The van der Waals surface area contributed by atoms with Gasteiger partial charge in [-0.3, -0.25) is 4.79 Å². The van der Waals surface area contributed by atoms with Gasteiger partial charge in [0.05, 0.1) is 11.1 Å². The minimum atomic E-state index is -0.0261.